The molecule has 2 aliphatic rings. The SMILES string of the molecule is CN1[P@@](c2ccccc2)S[P@@](c2ccccc2)N(C)[PH+](c2ccccc2)S[PH+]1c1ccccc1.CN1[P@@](c2ccccc2)S[PH+](c2ccccc2)N(C)[PH+](c2ccccc2)S[P@]1c1ccccc1.O=S(=O)([O-])C(F)(F)F.[Ag+]. The van der Waals surface area contributed by atoms with E-state index >= 15 is 0 Å². The third-order valence-corrected chi connectivity index (χ3v) is 60.4. The van der Waals surface area contributed by atoms with Gasteiger partial charge in [0, 0.05) is 35.3 Å². The number of rotatable bonds is 8. The summed E-state index contributed by atoms with van der Waals surface area (Å²) < 4.78 is 70.0. The second-order valence-corrected chi connectivity index (χ2v) is 51.8. The molecule has 2 heterocycles. The van der Waals surface area contributed by atoms with Crippen molar-refractivity contribution in [1.82, 2.24) is 17.8 Å². The molecule has 0 N–H and O–H groups in total. The largest absolute Gasteiger partial charge is 1.00 e. The predicted octanol–water partition coefficient (Wildman–Crippen LogP) is 14.7. The quantitative estimate of drug-likeness (QED) is 0.0632. The van der Waals surface area contributed by atoms with Crippen molar-refractivity contribution in [1.29, 1.82) is 0 Å². The summed E-state index contributed by atoms with van der Waals surface area (Å²) in [5, 5.41) is 11.8. The first-order chi connectivity index (χ1) is 36.7. The molecule has 0 radical (unpaired) electrons. The third kappa shape index (κ3) is 17.2. The zero-order chi connectivity index (χ0) is 53.7. The van der Waals surface area contributed by atoms with E-state index in [4.69, 9.17) is 13.0 Å². The number of halogens is 3. The van der Waals surface area contributed by atoms with Crippen LogP contribution in [-0.4, -0.2) is 64.4 Å². The van der Waals surface area contributed by atoms with Crippen LogP contribution in [0.1, 0.15) is 0 Å². The molecule has 7 nitrogen and oxygen atoms in total. The summed E-state index contributed by atoms with van der Waals surface area (Å²) in [6.45, 7) is 0. The molecule has 0 aromatic heterocycles. The van der Waals surface area contributed by atoms with E-state index in [1.165, 1.54) is 42.4 Å². The van der Waals surface area contributed by atoms with Gasteiger partial charge in [-0.2, -0.15) is 13.2 Å². The summed E-state index contributed by atoms with van der Waals surface area (Å²) in [5.41, 5.74) is -5.65. The summed E-state index contributed by atoms with van der Waals surface area (Å²) >= 11 is 8.93. The van der Waals surface area contributed by atoms with E-state index in [-0.39, 0.29) is 22.4 Å². The first kappa shape index (κ1) is 63.5. The first-order valence-electron chi connectivity index (χ1n) is 23.5. The summed E-state index contributed by atoms with van der Waals surface area (Å²) in [6, 6.07) is 89.6. The van der Waals surface area contributed by atoms with E-state index in [9.17, 15) is 13.2 Å². The molecule has 0 aliphatic carbocycles. The molecule has 8 aromatic carbocycles. The molecule has 8 atom stereocenters. The van der Waals surface area contributed by atoms with Crippen molar-refractivity contribution in [3.8, 4) is 0 Å². The van der Waals surface area contributed by atoms with Gasteiger partial charge < -0.3 is 4.55 Å². The first-order valence-corrected chi connectivity index (χ1v) is 44.4. The van der Waals surface area contributed by atoms with E-state index in [2.05, 4.69) is 333 Å². The standard InChI is InChI=1S/2C26H26N2P4S2.CHF3O3S.Ag/c2*1-27-29(23-15-7-3-8-16-23)33-31(25-19-11-5-12-20-25)28(2)32(26-21-13-6-14-22-26)34-30(27)24-17-9-4-10-18-24;2-1(3,4)8(5,6)7;/h2*3-22H,1-2H3;(H,5,6,7);/q;;;+1/p+3/t29-,30?,31+,32?;29-,30-,31?,32?;;/m.1../s1. The van der Waals surface area contributed by atoms with Gasteiger partial charge in [0.15, 0.2) is 10.1 Å². The normalized spacial score (nSPS) is 22.9. The molecule has 2 aliphatic heterocycles. The summed E-state index contributed by atoms with van der Waals surface area (Å²) in [5.74, 6) is 0. The molecule has 0 amide bonds. The van der Waals surface area contributed by atoms with Crippen LogP contribution in [0.5, 0.6) is 0 Å². The molecule has 0 saturated carbocycles. The van der Waals surface area contributed by atoms with Crippen molar-refractivity contribution >= 4 is 155 Å². The Bertz CT molecular complexity index is 2560. The number of alkyl halides is 3. The van der Waals surface area contributed by atoms with Crippen LogP contribution in [0.2, 0.25) is 0 Å². The van der Waals surface area contributed by atoms with E-state index in [0.717, 1.165) is 0 Å². The fourth-order valence-corrected chi connectivity index (χ4v) is 70.8. The Kier molecular flexibility index (Phi) is 25.5. The van der Waals surface area contributed by atoms with Gasteiger partial charge in [-0.05, 0) is 60.0 Å². The van der Waals surface area contributed by atoms with Gasteiger partial charge in [-0.1, -0.05) is 205 Å². The van der Waals surface area contributed by atoms with E-state index in [1.54, 1.807) is 0 Å². The van der Waals surface area contributed by atoms with Crippen molar-refractivity contribution in [2.45, 2.75) is 5.51 Å². The summed E-state index contributed by atoms with van der Waals surface area (Å²) in [4.78, 5) is 0. The maximum absolute atomic E-state index is 10.7. The van der Waals surface area contributed by atoms with Gasteiger partial charge >= 0.3 is 27.9 Å². The molecule has 77 heavy (non-hydrogen) atoms. The minimum Gasteiger partial charge on any atom is -0.741 e. The second kappa shape index (κ2) is 31.0. The average Bonchev–Trinajstić information content (AvgIpc) is 3.45. The number of benzene rings is 8. The van der Waals surface area contributed by atoms with Gasteiger partial charge in [0.25, 0.3) is 0 Å². The van der Waals surface area contributed by atoms with Crippen molar-refractivity contribution in [3.05, 3.63) is 243 Å². The van der Waals surface area contributed by atoms with E-state index in [1.807, 2.05) is 0 Å². The van der Waals surface area contributed by atoms with Gasteiger partial charge in [0.1, 0.15) is 50.3 Å². The van der Waals surface area contributed by atoms with Gasteiger partial charge in [0.05, 0.1) is 29.1 Å². The van der Waals surface area contributed by atoms with Gasteiger partial charge in [-0.3, -0.25) is 0 Å². The zero-order valence-electron chi connectivity index (χ0n) is 41.9. The van der Waals surface area contributed by atoms with Crippen molar-refractivity contribution in [3.63, 3.8) is 0 Å². The van der Waals surface area contributed by atoms with Gasteiger partial charge in [-0.15, -0.1) is 8.88 Å². The summed E-state index contributed by atoms with van der Waals surface area (Å²) in [7, 11) is -2.77. The second-order valence-electron chi connectivity index (χ2n) is 16.5. The van der Waals surface area contributed by atoms with Crippen LogP contribution >= 0.6 is 102 Å². The van der Waals surface area contributed by atoms with Crippen LogP contribution in [-0.2, 0) is 32.5 Å². The maximum atomic E-state index is 10.7. The molecule has 4 unspecified atom stereocenters. The molecular formula is C53H56AgF3N4O3P8S5+4. The van der Waals surface area contributed by atoms with Crippen LogP contribution in [0, 0.1) is 0 Å². The fraction of sp³-hybridized carbons (Fsp3) is 0.0943. The predicted molar refractivity (Wildman–Crippen MR) is 347 cm³/mol. The minimum absolute atomic E-state index is 0. The molecule has 0 spiro atoms. The number of nitrogens with zero attached hydrogens (tertiary/aromatic N) is 4. The number of hydrogen-bond donors (Lipinski definition) is 0. The van der Waals surface area contributed by atoms with Crippen LogP contribution in [0.25, 0.3) is 0 Å². The maximum Gasteiger partial charge on any atom is 1.00 e. The van der Waals surface area contributed by atoms with Crippen LogP contribution < -0.4 is 42.4 Å². The van der Waals surface area contributed by atoms with Crippen molar-refractivity contribution < 1.29 is 48.5 Å². The zero-order valence-corrected chi connectivity index (χ0v) is 55.0. The molecular weight excluding hydrogens is 1310 g/mol. The topological polar surface area (TPSA) is 70.2 Å². The molecule has 2 fully saturated rings. The number of hydrogen-bond acceptors (Lipinski definition) is 11. The minimum atomic E-state index is -6.09. The molecule has 2 saturated heterocycles. The van der Waals surface area contributed by atoms with E-state index < -0.39 is 73.8 Å². The fourth-order valence-electron chi connectivity index (χ4n) is 7.55. The van der Waals surface area contributed by atoms with Crippen molar-refractivity contribution in [2.75, 3.05) is 28.2 Å². The van der Waals surface area contributed by atoms with Gasteiger partial charge in [-0.25, -0.2) is 12.9 Å². The Morgan fingerprint density at radius 1 is 0.403 bits per heavy atom. The van der Waals surface area contributed by atoms with Crippen molar-refractivity contribution in [2.24, 2.45) is 0 Å². The van der Waals surface area contributed by atoms with E-state index in [0.29, 0.717) is 0 Å². The Morgan fingerprint density at radius 2 is 0.623 bits per heavy atom. The van der Waals surface area contributed by atoms with Crippen LogP contribution in [0.15, 0.2) is 243 Å². The molecule has 8 aromatic rings. The smallest absolute Gasteiger partial charge is 0.741 e. The van der Waals surface area contributed by atoms with Gasteiger partial charge in [0.2, 0.25) is 40.1 Å². The molecule has 24 heteroatoms. The molecule has 404 valence electrons. The monoisotopic (exact) mass is 1370 g/mol. The van der Waals surface area contributed by atoms with Crippen LogP contribution in [0.4, 0.5) is 13.2 Å². The Labute approximate surface area is 492 Å². The average molecular weight is 1370 g/mol. The summed E-state index contributed by atoms with van der Waals surface area (Å²) in [6.07, 6.45) is 0. The Balaban J connectivity index is 0.000000194. The molecule has 10 rings (SSSR count). The Morgan fingerprint density at radius 3 is 0.870 bits per heavy atom. The van der Waals surface area contributed by atoms with Crippen LogP contribution in [0.3, 0.4) is 0 Å². The molecule has 0 bridgehead atoms. The Hall–Kier alpha value is -1.12. The third-order valence-electron chi connectivity index (χ3n) is 11.2.